The third-order valence-electron chi connectivity index (χ3n) is 3.59. The Morgan fingerprint density at radius 3 is 2.39 bits per heavy atom. The first kappa shape index (κ1) is 15.4. The van der Waals surface area contributed by atoms with Crippen LogP contribution in [0, 0.1) is 5.92 Å². The molecule has 0 aliphatic carbocycles. The van der Waals surface area contributed by atoms with Gasteiger partial charge >= 0.3 is 5.97 Å². The molecule has 18 heavy (non-hydrogen) atoms. The van der Waals surface area contributed by atoms with Gasteiger partial charge in [0.25, 0.3) is 0 Å². The Balaban J connectivity index is 2.61. The van der Waals surface area contributed by atoms with Crippen molar-refractivity contribution in [3.05, 3.63) is 0 Å². The van der Waals surface area contributed by atoms with Crippen LogP contribution in [-0.4, -0.2) is 45.2 Å². The molecule has 1 rings (SSSR count). The van der Waals surface area contributed by atoms with Crippen molar-refractivity contribution in [2.75, 3.05) is 26.1 Å². The molecular weight excluding hydrogens is 256 g/mol. The topological polar surface area (TPSA) is 69.7 Å². The van der Waals surface area contributed by atoms with Crippen LogP contribution in [0.25, 0.3) is 0 Å². The molecule has 1 fully saturated rings. The van der Waals surface area contributed by atoms with Crippen LogP contribution in [0.15, 0.2) is 0 Å². The Bertz CT molecular complexity index is 379. The first-order valence-corrected chi connectivity index (χ1v) is 7.85. The standard InChI is InChI=1S/C12H22O5S/c1-12(2,11(13)16-3)18(14,15)9-6-10-4-7-17-8-5-10/h10H,4-9H2,1-3H3. The summed E-state index contributed by atoms with van der Waals surface area (Å²) in [6, 6.07) is 0. The number of carbonyl (C=O) groups excluding carboxylic acids is 1. The molecule has 1 heterocycles. The molecule has 6 heteroatoms. The fraction of sp³-hybridized carbons (Fsp3) is 0.917. The largest absolute Gasteiger partial charge is 0.468 e. The lowest BCUT2D eigenvalue weighted by atomic mass is 9.98. The molecule has 0 bridgehead atoms. The maximum Gasteiger partial charge on any atom is 0.326 e. The zero-order valence-corrected chi connectivity index (χ0v) is 12.1. The smallest absolute Gasteiger partial charge is 0.326 e. The van der Waals surface area contributed by atoms with Crippen molar-refractivity contribution in [1.29, 1.82) is 0 Å². The van der Waals surface area contributed by atoms with Gasteiger partial charge in [0.15, 0.2) is 14.6 Å². The summed E-state index contributed by atoms with van der Waals surface area (Å²) in [5.74, 6) is -0.295. The SMILES string of the molecule is COC(=O)C(C)(C)S(=O)(=O)CCC1CCOCC1. The summed E-state index contributed by atoms with van der Waals surface area (Å²) in [7, 11) is -2.28. The average molecular weight is 278 g/mol. The van der Waals surface area contributed by atoms with Gasteiger partial charge in [0.05, 0.1) is 12.9 Å². The van der Waals surface area contributed by atoms with E-state index in [0.29, 0.717) is 25.6 Å². The van der Waals surface area contributed by atoms with E-state index in [0.717, 1.165) is 12.8 Å². The van der Waals surface area contributed by atoms with Crippen molar-refractivity contribution in [1.82, 2.24) is 0 Å². The first-order chi connectivity index (χ1) is 8.31. The minimum Gasteiger partial charge on any atom is -0.468 e. The Kier molecular flexibility index (Phi) is 5.16. The molecular formula is C12H22O5S. The van der Waals surface area contributed by atoms with Crippen LogP contribution in [0.2, 0.25) is 0 Å². The van der Waals surface area contributed by atoms with Gasteiger partial charge in [-0.2, -0.15) is 0 Å². The number of carbonyl (C=O) groups is 1. The van der Waals surface area contributed by atoms with Crippen LogP contribution in [0.1, 0.15) is 33.1 Å². The quantitative estimate of drug-likeness (QED) is 0.706. The maximum atomic E-state index is 12.2. The lowest BCUT2D eigenvalue weighted by Gasteiger charge is -2.25. The van der Waals surface area contributed by atoms with Crippen molar-refractivity contribution < 1.29 is 22.7 Å². The van der Waals surface area contributed by atoms with Gasteiger partial charge < -0.3 is 9.47 Å². The molecule has 0 unspecified atom stereocenters. The van der Waals surface area contributed by atoms with E-state index in [9.17, 15) is 13.2 Å². The predicted molar refractivity (Wildman–Crippen MR) is 68.0 cm³/mol. The third kappa shape index (κ3) is 3.45. The van der Waals surface area contributed by atoms with E-state index in [1.807, 2.05) is 0 Å². The van der Waals surface area contributed by atoms with Crippen LogP contribution in [-0.2, 0) is 24.1 Å². The van der Waals surface area contributed by atoms with Gasteiger partial charge in [0.1, 0.15) is 0 Å². The summed E-state index contributed by atoms with van der Waals surface area (Å²) in [6.45, 7) is 4.20. The van der Waals surface area contributed by atoms with Gasteiger partial charge in [0.2, 0.25) is 0 Å². The zero-order valence-electron chi connectivity index (χ0n) is 11.3. The highest BCUT2D eigenvalue weighted by molar-refractivity contribution is 7.93. The maximum absolute atomic E-state index is 12.2. The Morgan fingerprint density at radius 1 is 1.33 bits per heavy atom. The normalized spacial score (nSPS) is 18.6. The summed E-state index contributed by atoms with van der Waals surface area (Å²) < 4.78 is 32.6. The fourth-order valence-electron chi connectivity index (χ4n) is 1.98. The molecule has 0 aromatic heterocycles. The Hall–Kier alpha value is -0.620. The van der Waals surface area contributed by atoms with Crippen molar-refractivity contribution in [2.24, 2.45) is 5.92 Å². The van der Waals surface area contributed by atoms with Crippen molar-refractivity contribution in [2.45, 2.75) is 37.9 Å². The second-order valence-corrected chi connectivity index (χ2v) is 7.82. The molecule has 0 aromatic carbocycles. The van der Waals surface area contributed by atoms with Crippen molar-refractivity contribution >= 4 is 15.8 Å². The third-order valence-corrected chi connectivity index (χ3v) is 6.09. The molecule has 1 saturated heterocycles. The molecule has 0 N–H and O–H groups in total. The van der Waals surface area contributed by atoms with Crippen LogP contribution >= 0.6 is 0 Å². The highest BCUT2D eigenvalue weighted by atomic mass is 32.2. The van der Waals surface area contributed by atoms with Crippen molar-refractivity contribution in [3.8, 4) is 0 Å². The van der Waals surface area contributed by atoms with Gasteiger partial charge in [-0.15, -0.1) is 0 Å². The van der Waals surface area contributed by atoms with Crippen LogP contribution in [0.3, 0.4) is 0 Å². The van der Waals surface area contributed by atoms with Crippen LogP contribution in [0.5, 0.6) is 0 Å². The van der Waals surface area contributed by atoms with Gasteiger partial charge in [-0.25, -0.2) is 8.42 Å². The molecule has 1 aliphatic rings. The molecule has 106 valence electrons. The van der Waals surface area contributed by atoms with E-state index in [1.54, 1.807) is 0 Å². The van der Waals surface area contributed by atoms with Crippen LogP contribution in [0.4, 0.5) is 0 Å². The zero-order chi connectivity index (χ0) is 13.8. The van der Waals surface area contributed by atoms with E-state index >= 15 is 0 Å². The fourth-order valence-corrected chi connectivity index (χ4v) is 3.48. The second-order valence-electron chi connectivity index (χ2n) is 5.17. The molecule has 0 atom stereocenters. The van der Waals surface area contributed by atoms with Crippen molar-refractivity contribution in [3.63, 3.8) is 0 Å². The molecule has 0 aromatic rings. The predicted octanol–water partition coefficient (Wildman–Crippen LogP) is 1.17. The van der Waals surface area contributed by atoms with Gasteiger partial charge in [-0.05, 0) is 39.0 Å². The summed E-state index contributed by atoms with van der Waals surface area (Å²) in [5.41, 5.74) is 0. The average Bonchev–Trinajstić information content (AvgIpc) is 2.36. The van der Waals surface area contributed by atoms with E-state index in [1.165, 1.54) is 21.0 Å². The Morgan fingerprint density at radius 2 is 1.89 bits per heavy atom. The van der Waals surface area contributed by atoms with Gasteiger partial charge in [0, 0.05) is 13.2 Å². The number of rotatable bonds is 5. The lowest BCUT2D eigenvalue weighted by Crippen LogP contribution is -2.43. The number of methoxy groups -OCH3 is 1. The number of esters is 1. The Labute approximate surface area is 109 Å². The van der Waals surface area contributed by atoms with E-state index in [-0.39, 0.29) is 5.75 Å². The van der Waals surface area contributed by atoms with E-state index in [4.69, 9.17) is 4.74 Å². The number of hydrogen-bond acceptors (Lipinski definition) is 5. The summed E-state index contributed by atoms with van der Waals surface area (Å²) >= 11 is 0. The number of ether oxygens (including phenoxy) is 2. The molecule has 1 aliphatic heterocycles. The van der Waals surface area contributed by atoms with Gasteiger partial charge in [-0.3, -0.25) is 4.79 Å². The molecule has 5 nitrogen and oxygen atoms in total. The molecule has 0 radical (unpaired) electrons. The summed E-state index contributed by atoms with van der Waals surface area (Å²) in [5, 5.41) is 0. The lowest BCUT2D eigenvalue weighted by molar-refractivity contribution is -0.142. The summed E-state index contributed by atoms with van der Waals surface area (Å²) in [6.07, 6.45) is 2.38. The molecule has 0 amide bonds. The minimum atomic E-state index is -3.49. The minimum absolute atomic E-state index is 0.0275. The highest BCUT2D eigenvalue weighted by Crippen LogP contribution is 2.24. The molecule has 0 spiro atoms. The second kappa shape index (κ2) is 6.02. The van der Waals surface area contributed by atoms with E-state index < -0.39 is 20.6 Å². The first-order valence-electron chi connectivity index (χ1n) is 6.19. The van der Waals surface area contributed by atoms with E-state index in [2.05, 4.69) is 4.74 Å². The number of sulfone groups is 1. The molecule has 0 saturated carbocycles. The monoisotopic (exact) mass is 278 g/mol. The summed E-state index contributed by atoms with van der Waals surface area (Å²) in [4.78, 5) is 11.5. The van der Waals surface area contributed by atoms with Gasteiger partial charge in [-0.1, -0.05) is 0 Å². The highest BCUT2D eigenvalue weighted by Gasteiger charge is 2.42. The van der Waals surface area contributed by atoms with Crippen LogP contribution < -0.4 is 0 Å². The number of hydrogen-bond donors (Lipinski definition) is 0.